The van der Waals surface area contributed by atoms with Gasteiger partial charge in [0.05, 0.1) is 24.2 Å². The Hall–Kier alpha value is -2.06. The quantitative estimate of drug-likeness (QED) is 0.572. The van der Waals surface area contributed by atoms with Crippen molar-refractivity contribution in [2.45, 2.75) is 50.1 Å². The molecule has 2 aromatic rings. The Kier molecular flexibility index (Phi) is 4.06. The summed E-state index contributed by atoms with van der Waals surface area (Å²) in [7, 11) is 1.21. The van der Waals surface area contributed by atoms with Crippen LogP contribution >= 0.6 is 0 Å². The fourth-order valence-electron chi connectivity index (χ4n) is 5.67. The number of rotatable bonds is 3. The second kappa shape index (κ2) is 6.22. The monoisotopic (exact) mass is 408 g/mol. The molecule has 0 saturated carbocycles. The maximum atomic E-state index is 13.4. The van der Waals surface area contributed by atoms with Crippen molar-refractivity contribution in [2.75, 3.05) is 20.2 Å². The van der Waals surface area contributed by atoms with Crippen LogP contribution in [0.1, 0.15) is 43.4 Å². The van der Waals surface area contributed by atoms with Gasteiger partial charge in [0, 0.05) is 30.3 Å². The number of pyridine rings is 1. The van der Waals surface area contributed by atoms with Crippen molar-refractivity contribution < 1.29 is 27.4 Å². The van der Waals surface area contributed by atoms with Crippen LogP contribution in [0.4, 0.5) is 13.2 Å². The molecule has 7 rings (SSSR count). The zero-order valence-corrected chi connectivity index (χ0v) is 16.3. The summed E-state index contributed by atoms with van der Waals surface area (Å²) >= 11 is 0. The van der Waals surface area contributed by atoms with E-state index >= 15 is 0 Å². The first-order valence-electron chi connectivity index (χ1n) is 10.0. The molecule has 5 aliphatic rings. The lowest BCUT2D eigenvalue weighted by molar-refractivity contribution is -0.577. The molecule has 0 radical (unpaired) electrons. The van der Waals surface area contributed by atoms with Gasteiger partial charge < -0.3 is 14.7 Å². The van der Waals surface area contributed by atoms with Gasteiger partial charge in [-0.2, -0.15) is 17.9 Å². The summed E-state index contributed by atoms with van der Waals surface area (Å²) in [6.45, 7) is 4.06. The van der Waals surface area contributed by atoms with Crippen LogP contribution in [0.15, 0.2) is 24.4 Å². The molecule has 156 valence electrons. The number of piperidine rings is 3. The molecule has 5 fully saturated rings. The van der Waals surface area contributed by atoms with Crippen LogP contribution in [0.2, 0.25) is 0 Å². The summed E-state index contributed by atoms with van der Waals surface area (Å²) in [4.78, 5) is 2.45. The van der Waals surface area contributed by atoms with Crippen LogP contribution in [0.25, 0.3) is 10.9 Å². The standard InChI is InChI=1S/C21H23F3N2O3/c1-3-20-11-25-6-4-12(20)8-17(25)19(29-20)13-5-7-26(27)16-10-15(21(22,23)24)18(28-2)9-14(13)16/h5,7,9-10,12,17,19H,3-4,6,8,11H2,1-2H3/t12?,17?,19-,20?/m0/s1. The molecule has 5 saturated heterocycles. The van der Waals surface area contributed by atoms with Crippen LogP contribution < -0.4 is 9.47 Å². The summed E-state index contributed by atoms with van der Waals surface area (Å²) in [5, 5.41) is 12.8. The smallest absolute Gasteiger partial charge is 0.420 e. The number of benzene rings is 1. The Morgan fingerprint density at radius 2 is 2.17 bits per heavy atom. The Morgan fingerprint density at radius 1 is 1.38 bits per heavy atom. The van der Waals surface area contributed by atoms with E-state index in [1.165, 1.54) is 19.4 Å². The fourth-order valence-corrected chi connectivity index (χ4v) is 5.67. The highest BCUT2D eigenvalue weighted by Gasteiger charge is 2.58. The third-order valence-electron chi connectivity index (χ3n) is 7.15. The molecule has 29 heavy (non-hydrogen) atoms. The van der Waals surface area contributed by atoms with Crippen molar-refractivity contribution in [2.24, 2.45) is 5.92 Å². The third-order valence-corrected chi connectivity index (χ3v) is 7.15. The average Bonchev–Trinajstić information content (AvgIpc) is 2.72. The van der Waals surface area contributed by atoms with E-state index in [1.54, 1.807) is 6.07 Å². The normalized spacial score (nSPS) is 33.4. The predicted octanol–water partition coefficient (Wildman–Crippen LogP) is 3.81. The zero-order valence-electron chi connectivity index (χ0n) is 16.3. The van der Waals surface area contributed by atoms with E-state index in [1.807, 2.05) is 0 Å². The Morgan fingerprint density at radius 3 is 2.79 bits per heavy atom. The van der Waals surface area contributed by atoms with Gasteiger partial charge >= 0.3 is 6.18 Å². The number of morpholine rings is 1. The molecule has 8 heteroatoms. The molecule has 5 atom stereocenters. The van der Waals surface area contributed by atoms with Crippen LogP contribution in [-0.2, 0) is 10.9 Å². The molecule has 1 aromatic carbocycles. The number of hydrogen-bond donors (Lipinski definition) is 0. The predicted molar refractivity (Wildman–Crippen MR) is 99.4 cm³/mol. The second-order valence-corrected chi connectivity index (χ2v) is 8.38. The van der Waals surface area contributed by atoms with E-state index in [4.69, 9.17) is 9.47 Å². The Balaban J connectivity index is 1.68. The number of halogens is 3. The van der Waals surface area contributed by atoms with E-state index < -0.39 is 11.7 Å². The van der Waals surface area contributed by atoms with Crippen molar-refractivity contribution >= 4 is 10.9 Å². The van der Waals surface area contributed by atoms with E-state index in [0.717, 1.165) is 44.0 Å². The van der Waals surface area contributed by atoms with Gasteiger partial charge in [-0.1, -0.05) is 6.92 Å². The van der Waals surface area contributed by atoms with Gasteiger partial charge in [-0.15, -0.1) is 0 Å². The van der Waals surface area contributed by atoms with Gasteiger partial charge in [-0.05, 0) is 37.8 Å². The number of methoxy groups -OCH3 is 1. The van der Waals surface area contributed by atoms with Gasteiger partial charge in [0.25, 0.3) is 0 Å². The Bertz CT molecular complexity index is 980. The van der Waals surface area contributed by atoms with Crippen molar-refractivity contribution in [1.82, 2.24) is 4.90 Å². The van der Waals surface area contributed by atoms with E-state index in [9.17, 15) is 18.4 Å². The maximum Gasteiger partial charge on any atom is 0.420 e. The van der Waals surface area contributed by atoms with Crippen molar-refractivity contribution in [3.8, 4) is 5.75 Å². The van der Waals surface area contributed by atoms with Crippen LogP contribution in [0.5, 0.6) is 5.75 Å². The lowest BCUT2D eigenvalue weighted by atomic mass is 9.66. The summed E-state index contributed by atoms with van der Waals surface area (Å²) < 4.78 is 52.5. The number of nitrogens with zero attached hydrogens (tertiary/aromatic N) is 2. The lowest BCUT2D eigenvalue weighted by Crippen LogP contribution is -2.70. The summed E-state index contributed by atoms with van der Waals surface area (Å²) in [5.74, 6) is 0.231. The molecule has 0 N–H and O–H groups in total. The maximum absolute atomic E-state index is 13.4. The molecular weight excluding hydrogens is 385 g/mol. The molecule has 6 heterocycles. The zero-order chi connectivity index (χ0) is 20.6. The van der Waals surface area contributed by atoms with Gasteiger partial charge in [-0.25, -0.2) is 0 Å². The number of fused-ring (bicyclic) bond motifs is 3. The number of alkyl halides is 3. The minimum atomic E-state index is -4.61. The van der Waals surface area contributed by atoms with Crippen LogP contribution in [-0.4, -0.2) is 36.7 Å². The van der Waals surface area contributed by atoms with Crippen molar-refractivity contribution in [3.05, 3.63) is 40.7 Å². The van der Waals surface area contributed by atoms with Gasteiger partial charge in [0.2, 0.25) is 5.52 Å². The molecule has 4 unspecified atom stereocenters. The fraction of sp³-hybridized carbons (Fsp3) is 0.571. The molecule has 5 aliphatic heterocycles. The molecule has 0 amide bonds. The molecule has 1 aromatic heterocycles. The summed E-state index contributed by atoms with van der Waals surface area (Å²) in [6, 6.07) is 4.08. The average molecular weight is 408 g/mol. The summed E-state index contributed by atoms with van der Waals surface area (Å²) in [6.07, 6.45) is -0.571. The van der Waals surface area contributed by atoms with Crippen molar-refractivity contribution in [1.29, 1.82) is 0 Å². The highest BCUT2D eigenvalue weighted by atomic mass is 19.4. The summed E-state index contributed by atoms with van der Waals surface area (Å²) in [5.41, 5.74) is -0.435. The molecule has 0 spiro atoms. The Labute approximate surface area is 166 Å². The largest absolute Gasteiger partial charge is 0.618 e. The number of ether oxygens (including phenoxy) is 2. The van der Waals surface area contributed by atoms with Crippen molar-refractivity contribution in [3.63, 3.8) is 0 Å². The van der Waals surface area contributed by atoms with Crippen LogP contribution in [0, 0.1) is 11.1 Å². The van der Waals surface area contributed by atoms with Crippen LogP contribution in [0.3, 0.4) is 0 Å². The highest BCUT2D eigenvalue weighted by molar-refractivity contribution is 5.83. The van der Waals surface area contributed by atoms with Gasteiger partial charge in [0.15, 0.2) is 6.20 Å². The van der Waals surface area contributed by atoms with E-state index in [2.05, 4.69) is 11.8 Å². The highest BCUT2D eigenvalue weighted by Crippen LogP contribution is 2.55. The second-order valence-electron chi connectivity index (χ2n) is 8.38. The minimum absolute atomic E-state index is 0.0219. The molecule has 5 nitrogen and oxygen atoms in total. The molecule has 0 aliphatic carbocycles. The topological polar surface area (TPSA) is 48.6 Å². The first kappa shape index (κ1) is 18.9. The molecular formula is C21H23F3N2O3. The van der Waals surface area contributed by atoms with E-state index in [-0.39, 0.29) is 29.0 Å². The third kappa shape index (κ3) is 2.65. The lowest BCUT2D eigenvalue weighted by Gasteiger charge is -2.64. The van der Waals surface area contributed by atoms with Gasteiger partial charge in [-0.3, -0.25) is 4.90 Å². The number of aromatic nitrogens is 1. The van der Waals surface area contributed by atoms with Gasteiger partial charge in [0.1, 0.15) is 11.3 Å². The van der Waals surface area contributed by atoms with E-state index in [0.29, 0.717) is 16.0 Å². The molecule has 4 bridgehead atoms. The SMILES string of the molecule is CCC12CN3CCC1CC3[C@H](c1cc[n+]([O-])c3cc(C(F)(F)F)c(OC)cc13)O2. The number of hydrogen-bond acceptors (Lipinski definition) is 4. The first-order valence-corrected chi connectivity index (χ1v) is 10.0. The first-order chi connectivity index (χ1) is 13.8. The minimum Gasteiger partial charge on any atom is -0.618 e.